The van der Waals surface area contributed by atoms with E-state index in [2.05, 4.69) is 66.3 Å². The molecule has 8 heteroatoms. The molecule has 1 aliphatic rings. The second-order valence-electron chi connectivity index (χ2n) is 8.01. The molecule has 1 aliphatic heterocycles. The lowest BCUT2D eigenvalue weighted by molar-refractivity contribution is -0.119. The Labute approximate surface area is 177 Å². The number of carbonyl (C=O) groups is 1. The van der Waals surface area contributed by atoms with Crippen molar-refractivity contribution in [2.45, 2.75) is 39.0 Å². The number of benzene rings is 1. The Bertz CT molecular complexity index is 823. The topological polar surface area (TPSA) is 72.3 Å². The summed E-state index contributed by atoms with van der Waals surface area (Å²) in [6, 6.07) is 6.25. The number of amides is 1. The Hall–Kier alpha value is -1.90. The number of ether oxygens (including phenoxy) is 1. The molecule has 1 aromatic carbocycles. The molecule has 1 aromatic heterocycles. The average Bonchev–Trinajstić information content (AvgIpc) is 3.13. The summed E-state index contributed by atoms with van der Waals surface area (Å²) < 4.78 is 7.73. The van der Waals surface area contributed by atoms with Gasteiger partial charge in [0.1, 0.15) is 6.33 Å². The van der Waals surface area contributed by atoms with Crippen molar-refractivity contribution in [1.29, 1.82) is 0 Å². The van der Waals surface area contributed by atoms with Crippen molar-refractivity contribution in [3.8, 4) is 5.69 Å². The molecule has 1 atom stereocenters. The standard InChI is InChI=1S/C21H31N5O2S/c1-15(2)11-25-7-8-28-18(12-25)10-22-20(27)13-29-21-24-23-14-26(21)19-6-5-16(3)9-17(19)4/h5-6,9,14-15,18H,7-8,10-13H2,1-4H3,(H,22,27). The van der Waals surface area contributed by atoms with Crippen molar-refractivity contribution in [3.63, 3.8) is 0 Å². The van der Waals surface area contributed by atoms with E-state index in [9.17, 15) is 4.79 Å². The number of rotatable bonds is 8. The number of nitrogens with zero attached hydrogens (tertiary/aromatic N) is 4. The summed E-state index contributed by atoms with van der Waals surface area (Å²) in [5.74, 6) is 0.912. The molecule has 2 aromatic rings. The maximum Gasteiger partial charge on any atom is 0.230 e. The molecule has 0 spiro atoms. The lowest BCUT2D eigenvalue weighted by Crippen LogP contribution is -2.48. The van der Waals surface area contributed by atoms with Crippen LogP contribution in [0.15, 0.2) is 29.7 Å². The van der Waals surface area contributed by atoms with E-state index in [4.69, 9.17) is 4.74 Å². The molecular weight excluding hydrogens is 386 g/mol. The lowest BCUT2D eigenvalue weighted by atomic mass is 10.1. The van der Waals surface area contributed by atoms with Crippen LogP contribution in [0.25, 0.3) is 5.69 Å². The highest BCUT2D eigenvalue weighted by Gasteiger charge is 2.21. The van der Waals surface area contributed by atoms with Gasteiger partial charge < -0.3 is 10.1 Å². The van der Waals surface area contributed by atoms with Crippen LogP contribution < -0.4 is 5.32 Å². The number of thioether (sulfide) groups is 1. The van der Waals surface area contributed by atoms with Gasteiger partial charge in [0.2, 0.25) is 5.91 Å². The van der Waals surface area contributed by atoms with Crippen molar-refractivity contribution in [3.05, 3.63) is 35.7 Å². The fourth-order valence-corrected chi connectivity index (χ4v) is 4.31. The van der Waals surface area contributed by atoms with Gasteiger partial charge in [-0.05, 0) is 31.4 Å². The molecule has 3 rings (SSSR count). The maximum atomic E-state index is 12.3. The first-order valence-electron chi connectivity index (χ1n) is 10.1. The van der Waals surface area contributed by atoms with E-state index in [1.165, 1.54) is 17.3 Å². The Morgan fingerprint density at radius 2 is 2.21 bits per heavy atom. The van der Waals surface area contributed by atoms with Gasteiger partial charge in [-0.25, -0.2) is 0 Å². The molecule has 0 bridgehead atoms. The van der Waals surface area contributed by atoms with Crippen molar-refractivity contribution in [2.75, 3.05) is 38.5 Å². The SMILES string of the molecule is Cc1ccc(-n2cnnc2SCC(=O)NCC2CN(CC(C)C)CCO2)c(C)c1. The number of aromatic nitrogens is 3. The van der Waals surface area contributed by atoms with Crippen LogP contribution in [0.4, 0.5) is 0 Å². The number of hydrogen-bond donors (Lipinski definition) is 1. The van der Waals surface area contributed by atoms with Gasteiger partial charge in [0.05, 0.1) is 24.2 Å². The molecular formula is C21H31N5O2S. The lowest BCUT2D eigenvalue weighted by Gasteiger charge is -2.33. The quantitative estimate of drug-likeness (QED) is 0.665. The van der Waals surface area contributed by atoms with E-state index in [0.29, 0.717) is 23.4 Å². The summed E-state index contributed by atoms with van der Waals surface area (Å²) in [5.41, 5.74) is 3.39. The average molecular weight is 418 g/mol. The molecule has 1 amide bonds. The van der Waals surface area contributed by atoms with Crippen molar-refractivity contribution >= 4 is 17.7 Å². The molecule has 0 aliphatic carbocycles. The molecule has 0 saturated carbocycles. The monoisotopic (exact) mass is 417 g/mol. The number of nitrogens with one attached hydrogen (secondary N) is 1. The van der Waals surface area contributed by atoms with E-state index in [-0.39, 0.29) is 12.0 Å². The van der Waals surface area contributed by atoms with Crippen LogP contribution in [-0.4, -0.2) is 70.2 Å². The highest BCUT2D eigenvalue weighted by molar-refractivity contribution is 7.99. The van der Waals surface area contributed by atoms with Gasteiger partial charge in [-0.1, -0.05) is 43.3 Å². The van der Waals surface area contributed by atoms with Crippen LogP contribution in [0.5, 0.6) is 0 Å². The van der Waals surface area contributed by atoms with E-state index >= 15 is 0 Å². The maximum absolute atomic E-state index is 12.3. The molecule has 1 unspecified atom stereocenters. The molecule has 1 N–H and O–H groups in total. The summed E-state index contributed by atoms with van der Waals surface area (Å²) in [5, 5.41) is 11.9. The second-order valence-corrected chi connectivity index (χ2v) is 8.95. The highest BCUT2D eigenvalue weighted by atomic mass is 32.2. The van der Waals surface area contributed by atoms with Gasteiger partial charge in [-0.15, -0.1) is 10.2 Å². The van der Waals surface area contributed by atoms with Crippen LogP contribution in [-0.2, 0) is 9.53 Å². The number of carbonyl (C=O) groups excluding carboxylic acids is 1. The summed E-state index contributed by atoms with van der Waals surface area (Å²) in [7, 11) is 0. The van der Waals surface area contributed by atoms with E-state index in [1.807, 2.05) is 4.57 Å². The Morgan fingerprint density at radius 1 is 1.38 bits per heavy atom. The van der Waals surface area contributed by atoms with Crippen LogP contribution in [0, 0.1) is 19.8 Å². The van der Waals surface area contributed by atoms with Gasteiger partial charge in [-0.3, -0.25) is 14.3 Å². The fraction of sp³-hybridized carbons (Fsp3) is 0.571. The van der Waals surface area contributed by atoms with Gasteiger partial charge >= 0.3 is 0 Å². The van der Waals surface area contributed by atoms with Gasteiger partial charge in [0.15, 0.2) is 5.16 Å². The Morgan fingerprint density at radius 3 is 2.97 bits per heavy atom. The zero-order chi connectivity index (χ0) is 20.8. The molecule has 0 radical (unpaired) electrons. The zero-order valence-corrected chi connectivity index (χ0v) is 18.5. The zero-order valence-electron chi connectivity index (χ0n) is 17.7. The molecule has 29 heavy (non-hydrogen) atoms. The molecule has 1 saturated heterocycles. The number of hydrogen-bond acceptors (Lipinski definition) is 6. The first kappa shape index (κ1) is 21.8. The van der Waals surface area contributed by atoms with E-state index < -0.39 is 0 Å². The minimum absolute atomic E-state index is 0.0187. The van der Waals surface area contributed by atoms with Gasteiger partial charge in [0.25, 0.3) is 0 Å². The van der Waals surface area contributed by atoms with Crippen LogP contribution >= 0.6 is 11.8 Å². The summed E-state index contributed by atoms with van der Waals surface area (Å²) in [6.45, 7) is 12.7. The van der Waals surface area contributed by atoms with Crippen LogP contribution in [0.2, 0.25) is 0 Å². The Balaban J connectivity index is 1.49. The first-order chi connectivity index (χ1) is 13.9. The number of aryl methyl sites for hydroxylation is 2. The third-order valence-electron chi connectivity index (χ3n) is 4.83. The predicted molar refractivity (Wildman–Crippen MR) is 116 cm³/mol. The molecule has 1 fully saturated rings. The second kappa shape index (κ2) is 10.2. The third-order valence-corrected chi connectivity index (χ3v) is 5.78. The number of morpholine rings is 1. The van der Waals surface area contributed by atoms with E-state index in [1.54, 1.807) is 6.33 Å². The van der Waals surface area contributed by atoms with E-state index in [0.717, 1.165) is 37.5 Å². The minimum atomic E-state index is -0.0187. The molecule has 158 valence electrons. The first-order valence-corrected chi connectivity index (χ1v) is 11.1. The molecule has 7 nitrogen and oxygen atoms in total. The Kier molecular flexibility index (Phi) is 7.69. The predicted octanol–water partition coefficient (Wildman–Crippen LogP) is 2.45. The highest BCUT2D eigenvalue weighted by Crippen LogP contribution is 2.22. The van der Waals surface area contributed by atoms with Crippen LogP contribution in [0.1, 0.15) is 25.0 Å². The smallest absolute Gasteiger partial charge is 0.230 e. The third kappa shape index (κ3) is 6.29. The summed E-state index contributed by atoms with van der Waals surface area (Å²) in [6.07, 6.45) is 1.74. The van der Waals surface area contributed by atoms with Crippen molar-refractivity contribution < 1.29 is 9.53 Å². The van der Waals surface area contributed by atoms with Crippen molar-refractivity contribution in [1.82, 2.24) is 25.0 Å². The minimum Gasteiger partial charge on any atom is -0.374 e. The molecule has 2 heterocycles. The van der Waals surface area contributed by atoms with Gasteiger partial charge in [0, 0.05) is 26.2 Å². The summed E-state index contributed by atoms with van der Waals surface area (Å²) in [4.78, 5) is 14.7. The fourth-order valence-electron chi connectivity index (χ4n) is 3.56. The summed E-state index contributed by atoms with van der Waals surface area (Å²) >= 11 is 1.39. The largest absolute Gasteiger partial charge is 0.374 e. The van der Waals surface area contributed by atoms with Crippen molar-refractivity contribution in [2.24, 2.45) is 5.92 Å². The van der Waals surface area contributed by atoms with Crippen LogP contribution in [0.3, 0.4) is 0 Å². The van der Waals surface area contributed by atoms with Gasteiger partial charge in [-0.2, -0.15) is 0 Å². The normalized spacial score (nSPS) is 17.6.